The molecule has 3 heteroatoms. The maximum atomic E-state index is 10.4. The summed E-state index contributed by atoms with van der Waals surface area (Å²) in [6.07, 6.45) is 0. The maximum Gasteiger partial charge on any atom is 0.249 e. The van der Waals surface area contributed by atoms with Gasteiger partial charge in [0.25, 0.3) is 0 Å². The maximum absolute atomic E-state index is 10.4. The highest BCUT2D eigenvalue weighted by molar-refractivity contribution is 6.68. The molecule has 0 saturated carbocycles. The van der Waals surface area contributed by atoms with Crippen LogP contribution in [0.5, 0.6) is 0 Å². The molecule has 0 unspecified atom stereocenters. The van der Waals surface area contributed by atoms with Crippen molar-refractivity contribution < 1.29 is 4.79 Å². The second kappa shape index (κ2) is 3.91. The third-order valence-corrected chi connectivity index (χ3v) is 1.47. The molecule has 0 aliphatic carbocycles. The number of hydrogen-bond donors (Lipinski definition) is 0. The molecule has 9 heavy (non-hydrogen) atoms. The first-order chi connectivity index (χ1) is 4.09. The van der Waals surface area contributed by atoms with Crippen molar-refractivity contribution in [2.24, 2.45) is 0 Å². The van der Waals surface area contributed by atoms with Gasteiger partial charge in [-0.1, -0.05) is 5.57 Å². The van der Waals surface area contributed by atoms with Crippen molar-refractivity contribution in [1.29, 1.82) is 0 Å². The Morgan fingerprint density at radius 3 is 1.89 bits per heavy atom. The van der Waals surface area contributed by atoms with Crippen LogP contribution in [0.1, 0.15) is 13.8 Å². The lowest BCUT2D eigenvalue weighted by atomic mass is 10.2. The molecule has 0 saturated heterocycles. The van der Waals surface area contributed by atoms with Crippen LogP contribution in [0.4, 0.5) is 0 Å². The lowest BCUT2D eigenvalue weighted by Crippen LogP contribution is -1.96. The summed E-state index contributed by atoms with van der Waals surface area (Å²) >= 11 is 10.6. The Hall–Kier alpha value is -0.0100. The minimum Gasteiger partial charge on any atom is -0.276 e. The number of halogens is 2. The first-order valence-corrected chi connectivity index (χ1v) is 3.43. The zero-order valence-corrected chi connectivity index (χ0v) is 6.88. The summed E-state index contributed by atoms with van der Waals surface area (Å²) in [6, 6.07) is 0. The Bertz CT molecular complexity index is 145. The van der Waals surface area contributed by atoms with E-state index in [1.165, 1.54) is 0 Å². The van der Waals surface area contributed by atoms with E-state index in [1.54, 1.807) is 13.8 Å². The molecule has 1 nitrogen and oxygen atoms in total. The van der Waals surface area contributed by atoms with Gasteiger partial charge in [0.05, 0.1) is 5.88 Å². The SMILES string of the molecule is CC(C)=C(CCl)C(=O)Cl. The number of allylic oxidation sites excluding steroid dienone is 2. The average Bonchev–Trinajstić information content (AvgIpc) is 1.64. The lowest BCUT2D eigenvalue weighted by Gasteiger charge is -1.96. The molecule has 0 spiro atoms. The van der Waals surface area contributed by atoms with Gasteiger partial charge in [-0.2, -0.15) is 0 Å². The molecule has 0 aliphatic rings. The summed E-state index contributed by atoms with van der Waals surface area (Å²) in [5.74, 6) is 0.199. The third-order valence-electron chi connectivity index (χ3n) is 0.974. The third kappa shape index (κ3) is 2.87. The fourth-order valence-electron chi connectivity index (χ4n) is 0.383. The Balaban J connectivity index is 4.35. The van der Waals surface area contributed by atoms with Crippen molar-refractivity contribution >= 4 is 28.4 Å². The van der Waals surface area contributed by atoms with Crippen molar-refractivity contribution in [2.75, 3.05) is 5.88 Å². The van der Waals surface area contributed by atoms with Gasteiger partial charge in [-0.3, -0.25) is 4.79 Å². The largest absolute Gasteiger partial charge is 0.276 e. The van der Waals surface area contributed by atoms with Crippen molar-refractivity contribution in [3.63, 3.8) is 0 Å². The van der Waals surface area contributed by atoms with Gasteiger partial charge in [-0.15, -0.1) is 11.6 Å². The van der Waals surface area contributed by atoms with Gasteiger partial charge in [-0.25, -0.2) is 0 Å². The molecule has 0 amide bonds. The van der Waals surface area contributed by atoms with Gasteiger partial charge in [0.1, 0.15) is 0 Å². The number of carbonyl (C=O) groups excluding carboxylic acids is 1. The lowest BCUT2D eigenvalue weighted by molar-refractivity contribution is -0.108. The van der Waals surface area contributed by atoms with Crippen molar-refractivity contribution in [1.82, 2.24) is 0 Å². The van der Waals surface area contributed by atoms with E-state index in [4.69, 9.17) is 23.2 Å². The van der Waals surface area contributed by atoms with Crippen LogP contribution in [-0.2, 0) is 4.79 Å². The highest BCUT2D eigenvalue weighted by Gasteiger charge is 2.04. The Labute approximate surface area is 64.6 Å². The Morgan fingerprint density at radius 2 is 1.89 bits per heavy atom. The van der Waals surface area contributed by atoms with Crippen LogP contribution < -0.4 is 0 Å². The summed E-state index contributed by atoms with van der Waals surface area (Å²) in [6.45, 7) is 3.61. The van der Waals surface area contributed by atoms with E-state index >= 15 is 0 Å². The van der Waals surface area contributed by atoms with Crippen LogP contribution in [0.3, 0.4) is 0 Å². The Kier molecular flexibility index (Phi) is 3.91. The number of rotatable bonds is 2. The molecule has 0 aromatic carbocycles. The standard InChI is InChI=1S/C6H8Cl2O/c1-4(2)5(3-7)6(8)9/h3H2,1-2H3. The van der Waals surface area contributed by atoms with Crippen LogP contribution >= 0.6 is 23.2 Å². The van der Waals surface area contributed by atoms with E-state index in [2.05, 4.69) is 0 Å². The van der Waals surface area contributed by atoms with Gasteiger partial charge in [0.2, 0.25) is 5.24 Å². The van der Waals surface area contributed by atoms with Gasteiger partial charge in [0, 0.05) is 5.57 Å². The summed E-state index contributed by atoms with van der Waals surface area (Å²) in [5.41, 5.74) is 1.38. The van der Waals surface area contributed by atoms with Gasteiger partial charge < -0.3 is 0 Å². The zero-order valence-electron chi connectivity index (χ0n) is 5.37. The summed E-state index contributed by atoms with van der Waals surface area (Å²) in [5, 5.41) is -0.454. The highest BCUT2D eigenvalue weighted by atomic mass is 35.5. The molecular formula is C6H8Cl2O. The fourth-order valence-corrected chi connectivity index (χ4v) is 1.10. The van der Waals surface area contributed by atoms with Crippen LogP contribution in [0, 0.1) is 0 Å². The molecule has 0 fully saturated rings. The molecule has 0 aromatic rings. The smallest absolute Gasteiger partial charge is 0.249 e. The first kappa shape index (κ1) is 8.99. The van der Waals surface area contributed by atoms with Gasteiger partial charge in [-0.05, 0) is 25.4 Å². The van der Waals surface area contributed by atoms with Gasteiger partial charge in [0.15, 0.2) is 0 Å². The van der Waals surface area contributed by atoms with Crippen molar-refractivity contribution in [3.8, 4) is 0 Å². The van der Waals surface area contributed by atoms with Gasteiger partial charge >= 0.3 is 0 Å². The van der Waals surface area contributed by atoms with E-state index in [9.17, 15) is 4.79 Å². The van der Waals surface area contributed by atoms with E-state index in [1.807, 2.05) is 0 Å². The van der Waals surface area contributed by atoms with E-state index in [0.717, 1.165) is 5.57 Å². The second-order valence-corrected chi connectivity index (χ2v) is 2.50. The van der Waals surface area contributed by atoms with E-state index < -0.39 is 5.24 Å². The van der Waals surface area contributed by atoms with Crippen LogP contribution in [-0.4, -0.2) is 11.1 Å². The van der Waals surface area contributed by atoms with Crippen molar-refractivity contribution in [3.05, 3.63) is 11.1 Å². The molecule has 0 rings (SSSR count). The van der Waals surface area contributed by atoms with Crippen LogP contribution in [0.25, 0.3) is 0 Å². The molecule has 0 radical (unpaired) electrons. The second-order valence-electron chi connectivity index (χ2n) is 1.89. The summed E-state index contributed by atoms with van der Waals surface area (Å²) in [7, 11) is 0. The number of alkyl halides is 1. The monoisotopic (exact) mass is 166 g/mol. The molecule has 52 valence electrons. The quantitative estimate of drug-likeness (QED) is 0.350. The molecule has 0 atom stereocenters. The molecule has 0 aliphatic heterocycles. The summed E-state index contributed by atoms with van der Waals surface area (Å²) < 4.78 is 0. The molecule has 0 N–H and O–H groups in total. The topological polar surface area (TPSA) is 17.1 Å². The Morgan fingerprint density at radius 1 is 1.44 bits per heavy atom. The molecule has 0 bridgehead atoms. The fraction of sp³-hybridized carbons (Fsp3) is 0.500. The minimum absolute atomic E-state index is 0.199. The molecular weight excluding hydrogens is 159 g/mol. The minimum atomic E-state index is -0.454. The molecule has 0 aromatic heterocycles. The number of hydrogen-bond acceptors (Lipinski definition) is 1. The van der Waals surface area contributed by atoms with Crippen LogP contribution in [0.2, 0.25) is 0 Å². The van der Waals surface area contributed by atoms with E-state index in [0.29, 0.717) is 5.57 Å². The number of carbonyl (C=O) groups is 1. The van der Waals surface area contributed by atoms with Crippen LogP contribution in [0.15, 0.2) is 11.1 Å². The van der Waals surface area contributed by atoms with Crippen molar-refractivity contribution in [2.45, 2.75) is 13.8 Å². The normalized spacial score (nSPS) is 8.89. The molecule has 0 heterocycles. The average molecular weight is 167 g/mol. The highest BCUT2D eigenvalue weighted by Crippen LogP contribution is 2.08. The predicted octanol–water partition coefficient (Wildman–Crippen LogP) is 2.33. The first-order valence-electron chi connectivity index (χ1n) is 2.51. The van der Waals surface area contributed by atoms with E-state index in [-0.39, 0.29) is 5.88 Å². The summed E-state index contributed by atoms with van der Waals surface area (Å²) in [4.78, 5) is 10.4. The predicted molar refractivity (Wildman–Crippen MR) is 40.0 cm³/mol. The zero-order chi connectivity index (χ0) is 7.44.